The van der Waals surface area contributed by atoms with Crippen LogP contribution >= 0.6 is 48.0 Å². The van der Waals surface area contributed by atoms with E-state index in [9.17, 15) is 9.59 Å². The number of benzene rings is 12. The molecule has 0 unspecified atom stereocenters. The number of rotatable bonds is 4. The van der Waals surface area contributed by atoms with Crippen molar-refractivity contribution in [2.75, 3.05) is 22.8 Å². The van der Waals surface area contributed by atoms with Gasteiger partial charge in [0.1, 0.15) is 0 Å². The zero-order valence-electron chi connectivity index (χ0n) is 49.7. The second-order valence-corrected chi connectivity index (χ2v) is 26.0. The fourth-order valence-electron chi connectivity index (χ4n) is 13.8. The number of nitrogens with zero attached hydrogens (tertiary/aromatic N) is 3. The Labute approximate surface area is 557 Å². The van der Waals surface area contributed by atoms with Gasteiger partial charge in [-0.1, -0.05) is 238 Å². The van der Waals surface area contributed by atoms with Gasteiger partial charge in [-0.05, 0) is 174 Å². The second kappa shape index (κ2) is 25.3. The van der Waals surface area contributed by atoms with Crippen molar-refractivity contribution in [3.63, 3.8) is 0 Å². The van der Waals surface area contributed by atoms with Crippen molar-refractivity contribution < 1.29 is 14.3 Å². The lowest BCUT2D eigenvalue weighted by Crippen LogP contribution is -2.59. The summed E-state index contributed by atoms with van der Waals surface area (Å²) >= 11 is 10.3. The van der Waals surface area contributed by atoms with Gasteiger partial charge in [0.25, 0.3) is 0 Å². The first kappa shape index (κ1) is 58.3. The van der Waals surface area contributed by atoms with Crippen LogP contribution in [0.5, 0.6) is 0 Å². The molecule has 2 saturated heterocycles. The number of para-hydroxylation sites is 2. The van der Waals surface area contributed by atoms with E-state index in [-0.39, 0.29) is 25.5 Å². The summed E-state index contributed by atoms with van der Waals surface area (Å²) in [6, 6.07) is 102. The third kappa shape index (κ3) is 11.1. The summed E-state index contributed by atoms with van der Waals surface area (Å²) in [5.41, 5.74) is 30.6. The lowest BCUT2D eigenvalue weighted by molar-refractivity contribution is -0.131. The number of ether oxygens (including phenoxy) is 1. The molecule has 0 atom stereocenters. The monoisotopic (exact) mass is 1370 g/mol. The Morgan fingerprint density at radius 3 is 0.890 bits per heavy atom. The molecule has 2 fully saturated rings. The van der Waals surface area contributed by atoms with E-state index in [4.69, 9.17) is 4.74 Å². The number of fused-ring (bicyclic) bond motifs is 22. The van der Waals surface area contributed by atoms with Gasteiger partial charge in [0.15, 0.2) is 0 Å². The largest absolute Gasteiger partial charge is 0.381 e. The van der Waals surface area contributed by atoms with Crippen molar-refractivity contribution in [2.45, 2.75) is 25.7 Å². The zero-order valence-corrected chi connectivity index (χ0v) is 54.4. The third-order valence-electron chi connectivity index (χ3n) is 18.1. The number of halogens is 3. The number of anilines is 4. The number of carbonyl (C=O) groups is 2. The van der Waals surface area contributed by atoms with Gasteiger partial charge in [0.05, 0.1) is 16.1 Å². The molecular formula is C80H58B2Br3N3O3. The Hall–Kier alpha value is -9.09. The van der Waals surface area contributed by atoms with Crippen LogP contribution in [-0.4, -0.2) is 42.6 Å². The van der Waals surface area contributed by atoms with Crippen molar-refractivity contribution in [3.8, 4) is 89.0 Å². The Kier molecular flexibility index (Phi) is 16.2. The van der Waals surface area contributed by atoms with Crippen LogP contribution in [-0.2, 0) is 14.3 Å². The molecule has 0 radical (unpaired) electrons. The topological polar surface area (TPSA) is 53.1 Å². The highest BCUT2D eigenvalue weighted by Crippen LogP contribution is 2.50. The third-order valence-corrected chi connectivity index (χ3v) is 19.9. The standard InChI is InChI=1S/C36H22BBr2N.C36H24BN.C4H4BrNO2.C4H8O/c38-27-13-17-35-31(21-27)29-19-25(23-7-3-1-4-8-23)11-15-33(29)37-34-16-12-26(24-9-5-2-6-10-24)20-30(34)32-22-28(39)14-18-36(32)40(35)37;1-3-11-25(12-4-1)27-19-21-33-31(23-27)29-15-7-9-17-35(29)38-36-18-10-8-16-30(36)32-24-28(20-22-34(32)37(33)38)26-13-5-2-6-14-26;5-6-3(7)1-2-4(6)8;1-2-4-5-3-1/h1-22H;1-24H;1-2H2;1-4H2. The van der Waals surface area contributed by atoms with Gasteiger partial charge < -0.3 is 14.4 Å². The van der Waals surface area contributed by atoms with Crippen molar-refractivity contribution >= 4 is 118 Å². The summed E-state index contributed by atoms with van der Waals surface area (Å²) < 4.78 is 8.09. The molecule has 6 aliphatic heterocycles. The Morgan fingerprint density at radius 1 is 0.297 bits per heavy atom. The number of hydrogen-bond donors (Lipinski definition) is 0. The van der Waals surface area contributed by atoms with E-state index < -0.39 is 0 Å². The summed E-state index contributed by atoms with van der Waals surface area (Å²) in [6.07, 6.45) is 3.26. The highest BCUT2D eigenvalue weighted by molar-refractivity contribution is 9.10. The van der Waals surface area contributed by atoms with Crippen LogP contribution in [0.25, 0.3) is 89.0 Å². The fourth-order valence-corrected chi connectivity index (χ4v) is 14.9. The van der Waals surface area contributed by atoms with E-state index >= 15 is 0 Å². The second-order valence-electron chi connectivity index (χ2n) is 23.5. The molecule has 6 aliphatic rings. The maximum Gasteiger partial charge on any atom is 0.329 e. The number of imide groups is 1. The minimum Gasteiger partial charge on any atom is -0.381 e. The minimum atomic E-state index is -0.144. The molecule has 11 heteroatoms. The molecule has 18 rings (SSSR count). The van der Waals surface area contributed by atoms with Gasteiger partial charge in [-0.15, -0.1) is 0 Å². The van der Waals surface area contributed by atoms with Crippen LogP contribution in [0.1, 0.15) is 25.7 Å². The Bertz CT molecular complexity index is 4460. The van der Waals surface area contributed by atoms with Crippen LogP contribution in [0.2, 0.25) is 0 Å². The van der Waals surface area contributed by atoms with E-state index in [1.54, 1.807) is 0 Å². The average Bonchev–Trinajstić information content (AvgIpc) is 0.899. The van der Waals surface area contributed by atoms with Crippen molar-refractivity contribution in [1.29, 1.82) is 0 Å². The summed E-state index contributed by atoms with van der Waals surface area (Å²) in [5.74, 6) is -0.287. The summed E-state index contributed by atoms with van der Waals surface area (Å²) in [7, 11) is 0. The first-order valence-corrected chi connectivity index (χ1v) is 33.3. The lowest BCUT2D eigenvalue weighted by Gasteiger charge is -2.43. The van der Waals surface area contributed by atoms with E-state index in [0.29, 0.717) is 12.8 Å². The molecule has 12 aromatic carbocycles. The fraction of sp³-hybridized carbons (Fsp3) is 0.0750. The summed E-state index contributed by atoms with van der Waals surface area (Å²) in [5, 5.41) is 0. The molecular weight excluding hydrogens is 1310 g/mol. The minimum absolute atomic E-state index is 0.0713. The molecule has 0 bridgehead atoms. The van der Waals surface area contributed by atoms with E-state index in [2.05, 4.69) is 337 Å². The molecule has 2 amide bonds. The van der Waals surface area contributed by atoms with Crippen LogP contribution in [0.4, 0.5) is 22.7 Å². The average molecular weight is 1370 g/mol. The molecule has 0 spiro atoms. The smallest absolute Gasteiger partial charge is 0.329 e. The highest BCUT2D eigenvalue weighted by atomic mass is 79.9. The van der Waals surface area contributed by atoms with Crippen LogP contribution in [0, 0.1) is 0 Å². The molecule has 0 aromatic heterocycles. The number of carbonyl (C=O) groups excluding carboxylic acids is 2. The summed E-state index contributed by atoms with van der Waals surface area (Å²) in [4.78, 5) is 26.0. The van der Waals surface area contributed by atoms with Crippen LogP contribution in [0.3, 0.4) is 0 Å². The van der Waals surface area contributed by atoms with Gasteiger partial charge in [-0.2, -0.15) is 0 Å². The first-order chi connectivity index (χ1) is 44.7. The molecule has 438 valence electrons. The van der Waals surface area contributed by atoms with Crippen molar-refractivity contribution in [2.24, 2.45) is 0 Å². The Balaban J connectivity index is 0.000000126. The van der Waals surface area contributed by atoms with Crippen molar-refractivity contribution in [3.05, 3.63) is 288 Å². The van der Waals surface area contributed by atoms with E-state index in [1.807, 2.05) is 0 Å². The molecule has 6 nitrogen and oxygen atoms in total. The summed E-state index contributed by atoms with van der Waals surface area (Å²) in [6.45, 7) is 2.18. The molecule has 6 heterocycles. The Morgan fingerprint density at radius 2 is 0.593 bits per heavy atom. The van der Waals surface area contributed by atoms with Gasteiger partial charge in [0.2, 0.25) is 11.8 Å². The molecule has 0 N–H and O–H groups in total. The predicted octanol–water partition coefficient (Wildman–Crippen LogP) is 18.6. The van der Waals surface area contributed by atoms with E-state index in [0.717, 1.165) is 26.1 Å². The molecule has 12 aromatic rings. The van der Waals surface area contributed by atoms with Crippen molar-refractivity contribution in [1.82, 2.24) is 3.93 Å². The van der Waals surface area contributed by atoms with Crippen LogP contribution in [0.15, 0.2) is 288 Å². The molecule has 91 heavy (non-hydrogen) atoms. The molecule has 0 aliphatic carbocycles. The van der Waals surface area contributed by atoms with Gasteiger partial charge in [0, 0.05) is 80.0 Å². The van der Waals surface area contributed by atoms with Crippen LogP contribution < -0.4 is 31.5 Å². The highest BCUT2D eigenvalue weighted by Gasteiger charge is 2.44. The quantitative estimate of drug-likeness (QED) is 0.0998. The SMILES string of the molecule is Brc1ccc2c(c1)-c1cc(-c3ccccc3)ccc1B1c3ccc(-c4ccccc4)cc3-c3cc(Br)ccc3N12.C1CCOC1.O=C1CCC(=O)N1Br.c1ccc(-c2ccc3c(c2)-c2ccccc2N2B3c3ccc(-c4ccccc4)cc3-c3ccccc32)cc1. The van der Waals surface area contributed by atoms with Gasteiger partial charge in [-0.25, -0.2) is 3.93 Å². The van der Waals surface area contributed by atoms with Gasteiger partial charge >= 0.3 is 13.7 Å². The number of hydrogen-bond acceptors (Lipinski definition) is 5. The van der Waals surface area contributed by atoms with Gasteiger partial charge in [-0.3, -0.25) is 9.59 Å². The predicted molar refractivity (Wildman–Crippen MR) is 389 cm³/mol. The number of amides is 2. The lowest BCUT2D eigenvalue weighted by atomic mass is 9.43. The first-order valence-electron chi connectivity index (χ1n) is 31.0. The maximum atomic E-state index is 10.4. The zero-order chi connectivity index (χ0) is 61.5. The molecule has 0 saturated carbocycles. The normalized spacial score (nSPS) is 13.9. The van der Waals surface area contributed by atoms with E-state index in [1.165, 1.54) is 146 Å². The maximum absolute atomic E-state index is 10.4.